The molecule has 2 N–H and O–H groups in total. The quantitative estimate of drug-likeness (QED) is 0.910. The van der Waals surface area contributed by atoms with Crippen molar-refractivity contribution in [2.75, 3.05) is 32.7 Å². The van der Waals surface area contributed by atoms with Crippen LogP contribution in [0.15, 0.2) is 42.2 Å². The third-order valence-electron chi connectivity index (χ3n) is 4.85. The number of H-pyrrole nitrogens is 1. The van der Waals surface area contributed by atoms with Crippen LogP contribution >= 0.6 is 0 Å². The van der Waals surface area contributed by atoms with Gasteiger partial charge in [0.1, 0.15) is 0 Å². The fourth-order valence-corrected chi connectivity index (χ4v) is 3.51. The number of rotatable bonds is 4. The molecule has 3 heterocycles. The highest BCUT2D eigenvalue weighted by atomic mass is 16.2. The molecule has 120 valence electrons. The van der Waals surface area contributed by atoms with E-state index in [0.29, 0.717) is 0 Å². The number of aromatic nitrogens is 1. The summed E-state index contributed by atoms with van der Waals surface area (Å²) in [6.07, 6.45) is 6.35. The zero-order valence-electron chi connectivity index (χ0n) is 13.2. The van der Waals surface area contributed by atoms with E-state index in [1.165, 1.54) is 22.2 Å². The number of nitrogens with one attached hydrogen (secondary N) is 2. The molecule has 2 aromatic rings. The highest BCUT2D eigenvalue weighted by Crippen LogP contribution is 2.20. The van der Waals surface area contributed by atoms with Crippen LogP contribution in [0.2, 0.25) is 0 Å². The van der Waals surface area contributed by atoms with Crippen molar-refractivity contribution in [3.05, 3.63) is 47.8 Å². The van der Waals surface area contributed by atoms with Gasteiger partial charge in [0, 0.05) is 61.9 Å². The maximum atomic E-state index is 11.7. The Labute approximate surface area is 136 Å². The summed E-state index contributed by atoms with van der Waals surface area (Å²) < 4.78 is 0. The lowest BCUT2D eigenvalue weighted by Gasteiger charge is -2.29. The molecular weight excluding hydrogens is 288 g/mol. The molecule has 2 amide bonds. The number of hydrogen-bond donors (Lipinski definition) is 2. The maximum Gasteiger partial charge on any atom is 0.321 e. The van der Waals surface area contributed by atoms with Gasteiger partial charge in [0.15, 0.2) is 0 Å². The lowest BCUT2D eigenvalue weighted by atomic mass is 10.1. The molecule has 5 nitrogen and oxygen atoms in total. The van der Waals surface area contributed by atoms with Gasteiger partial charge in [-0.3, -0.25) is 9.80 Å². The molecule has 0 unspecified atom stereocenters. The highest BCUT2D eigenvalue weighted by Gasteiger charge is 2.25. The molecule has 1 fully saturated rings. The number of aromatic amines is 1. The van der Waals surface area contributed by atoms with Gasteiger partial charge in [-0.15, -0.1) is 0 Å². The summed E-state index contributed by atoms with van der Waals surface area (Å²) in [6.45, 7) is 4.58. The average molecular weight is 310 g/mol. The first-order valence-electron chi connectivity index (χ1n) is 8.33. The third kappa shape index (κ3) is 2.84. The normalized spacial score (nSPS) is 19.2. The molecule has 0 radical (unpaired) electrons. The van der Waals surface area contributed by atoms with Gasteiger partial charge in [0.05, 0.1) is 0 Å². The van der Waals surface area contributed by atoms with Gasteiger partial charge in [-0.25, -0.2) is 4.79 Å². The van der Waals surface area contributed by atoms with E-state index >= 15 is 0 Å². The molecule has 1 saturated heterocycles. The Morgan fingerprint density at radius 2 is 2.09 bits per heavy atom. The zero-order chi connectivity index (χ0) is 15.6. The van der Waals surface area contributed by atoms with Crippen LogP contribution in [0.1, 0.15) is 12.0 Å². The van der Waals surface area contributed by atoms with Gasteiger partial charge >= 0.3 is 6.03 Å². The monoisotopic (exact) mass is 310 g/mol. The number of fused-ring (bicyclic) bond motifs is 1. The Kier molecular flexibility index (Phi) is 3.79. The Hall–Kier alpha value is -2.27. The summed E-state index contributed by atoms with van der Waals surface area (Å²) in [6, 6.07) is 8.52. The molecule has 1 aromatic carbocycles. The van der Waals surface area contributed by atoms with Crippen molar-refractivity contribution in [3.63, 3.8) is 0 Å². The smallest absolute Gasteiger partial charge is 0.321 e. The van der Waals surface area contributed by atoms with E-state index in [0.717, 1.165) is 45.6 Å². The summed E-state index contributed by atoms with van der Waals surface area (Å²) in [4.78, 5) is 19.4. The summed E-state index contributed by atoms with van der Waals surface area (Å²) in [5.74, 6) is 0. The van der Waals surface area contributed by atoms with Crippen LogP contribution in [-0.2, 0) is 6.42 Å². The number of nitrogens with zero attached hydrogens (tertiary/aromatic N) is 2. The van der Waals surface area contributed by atoms with Crippen molar-refractivity contribution in [2.45, 2.75) is 12.8 Å². The van der Waals surface area contributed by atoms with Gasteiger partial charge in [0.25, 0.3) is 0 Å². The summed E-state index contributed by atoms with van der Waals surface area (Å²) >= 11 is 0. The van der Waals surface area contributed by atoms with Crippen LogP contribution in [0.4, 0.5) is 4.79 Å². The van der Waals surface area contributed by atoms with Crippen molar-refractivity contribution in [1.82, 2.24) is 20.1 Å². The van der Waals surface area contributed by atoms with Crippen molar-refractivity contribution < 1.29 is 4.79 Å². The number of hydrogen-bond acceptors (Lipinski definition) is 2. The number of para-hydroxylation sites is 1. The second kappa shape index (κ2) is 6.08. The fraction of sp³-hybridized carbons (Fsp3) is 0.389. The Bertz CT molecular complexity index is 748. The first-order valence-corrected chi connectivity index (χ1v) is 8.33. The average Bonchev–Trinajstić information content (AvgIpc) is 3.20. The third-order valence-corrected chi connectivity index (χ3v) is 4.85. The van der Waals surface area contributed by atoms with Gasteiger partial charge in [0.2, 0.25) is 0 Å². The van der Waals surface area contributed by atoms with E-state index in [9.17, 15) is 4.79 Å². The van der Waals surface area contributed by atoms with E-state index in [1.54, 1.807) is 0 Å². The lowest BCUT2D eigenvalue weighted by molar-refractivity contribution is 0.220. The van der Waals surface area contributed by atoms with Crippen LogP contribution in [0.3, 0.4) is 0 Å². The Balaban J connectivity index is 1.36. The summed E-state index contributed by atoms with van der Waals surface area (Å²) in [5.41, 5.74) is 3.78. The molecule has 0 bridgehead atoms. The molecular formula is C18H22N4O. The summed E-state index contributed by atoms with van der Waals surface area (Å²) in [5, 5.41) is 4.20. The molecule has 2 aliphatic heterocycles. The van der Waals surface area contributed by atoms with Crippen molar-refractivity contribution in [3.8, 4) is 0 Å². The Morgan fingerprint density at radius 1 is 1.17 bits per heavy atom. The molecule has 23 heavy (non-hydrogen) atoms. The number of carbonyl (C=O) groups excluding carboxylic acids is 1. The van der Waals surface area contributed by atoms with E-state index in [1.807, 2.05) is 4.90 Å². The van der Waals surface area contributed by atoms with Gasteiger partial charge in [-0.05, 0) is 18.1 Å². The van der Waals surface area contributed by atoms with E-state index < -0.39 is 0 Å². The zero-order valence-corrected chi connectivity index (χ0v) is 13.2. The van der Waals surface area contributed by atoms with Crippen LogP contribution in [0.5, 0.6) is 0 Å². The predicted octanol–water partition coefficient (Wildman–Crippen LogP) is 2.33. The van der Waals surface area contributed by atoms with Gasteiger partial charge in [-0.2, -0.15) is 0 Å². The van der Waals surface area contributed by atoms with E-state index in [-0.39, 0.29) is 6.03 Å². The number of urea groups is 1. The number of carbonyl (C=O) groups is 1. The lowest BCUT2D eigenvalue weighted by Crippen LogP contribution is -2.36. The topological polar surface area (TPSA) is 51.4 Å². The molecule has 5 heteroatoms. The van der Waals surface area contributed by atoms with Gasteiger partial charge < -0.3 is 10.3 Å². The largest absolute Gasteiger partial charge is 0.361 e. The first-order chi connectivity index (χ1) is 11.3. The standard InChI is InChI=1S/C18H22N4O/c23-18-19-8-12-22(18)15-6-10-21(11-7-15)9-5-14-13-20-17-4-2-1-3-16(14)17/h1-4,6,13,20H,5,7-12H2,(H,19,23). The van der Waals surface area contributed by atoms with Crippen molar-refractivity contribution >= 4 is 16.9 Å². The second-order valence-corrected chi connectivity index (χ2v) is 6.24. The van der Waals surface area contributed by atoms with Crippen LogP contribution in [0.25, 0.3) is 10.9 Å². The number of amides is 2. The SMILES string of the molecule is O=C1NCCN1C1=CCN(CCc2c[nH]c3ccccc23)CC1. The molecule has 0 aliphatic carbocycles. The van der Waals surface area contributed by atoms with E-state index in [2.05, 4.69) is 51.7 Å². The van der Waals surface area contributed by atoms with Crippen LogP contribution in [0, 0.1) is 0 Å². The minimum absolute atomic E-state index is 0.0588. The second-order valence-electron chi connectivity index (χ2n) is 6.24. The first kappa shape index (κ1) is 14.3. The van der Waals surface area contributed by atoms with Crippen LogP contribution in [-0.4, -0.2) is 53.5 Å². The Morgan fingerprint density at radius 3 is 2.87 bits per heavy atom. The molecule has 0 atom stereocenters. The maximum absolute atomic E-state index is 11.7. The minimum atomic E-state index is 0.0588. The predicted molar refractivity (Wildman–Crippen MR) is 91.2 cm³/mol. The van der Waals surface area contributed by atoms with Crippen molar-refractivity contribution in [1.29, 1.82) is 0 Å². The molecule has 1 aromatic heterocycles. The highest BCUT2D eigenvalue weighted by molar-refractivity contribution is 5.83. The molecule has 4 rings (SSSR count). The van der Waals surface area contributed by atoms with Crippen molar-refractivity contribution in [2.24, 2.45) is 0 Å². The van der Waals surface area contributed by atoms with E-state index in [4.69, 9.17) is 0 Å². The van der Waals surface area contributed by atoms with Crippen LogP contribution < -0.4 is 5.32 Å². The number of benzene rings is 1. The molecule has 2 aliphatic rings. The van der Waals surface area contributed by atoms with Gasteiger partial charge in [-0.1, -0.05) is 24.3 Å². The molecule has 0 spiro atoms. The fourth-order valence-electron chi connectivity index (χ4n) is 3.51. The molecule has 0 saturated carbocycles. The summed E-state index contributed by atoms with van der Waals surface area (Å²) in [7, 11) is 0. The minimum Gasteiger partial charge on any atom is -0.361 e.